The Bertz CT molecular complexity index is 549. The first-order chi connectivity index (χ1) is 8.52. The van der Waals surface area contributed by atoms with Gasteiger partial charge in [0.25, 0.3) is 0 Å². The molecule has 0 amide bonds. The van der Waals surface area contributed by atoms with Crippen molar-refractivity contribution in [3.63, 3.8) is 0 Å². The van der Waals surface area contributed by atoms with Crippen molar-refractivity contribution in [2.24, 2.45) is 11.3 Å². The van der Waals surface area contributed by atoms with Crippen LogP contribution in [-0.4, -0.2) is 11.6 Å². The van der Waals surface area contributed by atoms with Crippen LogP contribution in [0.3, 0.4) is 0 Å². The molecule has 2 aliphatic rings. The number of hydrogen-bond acceptors (Lipinski definition) is 2. The molecule has 0 aliphatic heterocycles. The topological polar surface area (TPSA) is 34.1 Å². The molecule has 18 heavy (non-hydrogen) atoms. The van der Waals surface area contributed by atoms with Crippen molar-refractivity contribution in [3.8, 4) is 0 Å². The number of hydrogen-bond donors (Lipinski definition) is 0. The summed E-state index contributed by atoms with van der Waals surface area (Å²) in [6.07, 6.45) is 2.81. The zero-order valence-corrected chi connectivity index (χ0v) is 11.9. The number of rotatable bonds is 0. The van der Waals surface area contributed by atoms with Crippen LogP contribution in [0.2, 0.25) is 0 Å². The van der Waals surface area contributed by atoms with Crippen molar-refractivity contribution in [3.05, 3.63) is 33.8 Å². The Labute approximate surface area is 115 Å². The van der Waals surface area contributed by atoms with Crippen molar-refractivity contribution >= 4 is 27.5 Å². The Morgan fingerprint density at radius 2 is 2.11 bits per heavy atom. The number of ketones is 2. The third-order valence-corrected chi connectivity index (χ3v) is 4.92. The van der Waals surface area contributed by atoms with E-state index in [2.05, 4.69) is 15.9 Å². The molecule has 2 atom stereocenters. The van der Waals surface area contributed by atoms with Crippen LogP contribution in [0.25, 0.3) is 0 Å². The van der Waals surface area contributed by atoms with E-state index in [4.69, 9.17) is 0 Å². The lowest BCUT2D eigenvalue weighted by molar-refractivity contribution is -0.125. The number of carbonyl (C=O) groups excluding carboxylic acids is 2. The highest BCUT2D eigenvalue weighted by Gasteiger charge is 2.49. The molecule has 0 N–H and O–H groups in total. The third-order valence-electron chi connectivity index (χ3n) is 4.42. The Morgan fingerprint density at radius 1 is 1.33 bits per heavy atom. The molecule has 0 aromatic heterocycles. The van der Waals surface area contributed by atoms with Gasteiger partial charge in [0, 0.05) is 27.8 Å². The number of Topliss-reactive ketones (excluding diaryl/α,β-unsaturated/α-hetero) is 2. The molecule has 0 radical (unpaired) electrons. The second-order valence-corrected chi connectivity index (χ2v) is 6.57. The summed E-state index contributed by atoms with van der Waals surface area (Å²) in [7, 11) is 0. The van der Waals surface area contributed by atoms with E-state index in [0.717, 1.165) is 34.9 Å². The largest absolute Gasteiger partial charge is 0.299 e. The van der Waals surface area contributed by atoms with Gasteiger partial charge in [0.2, 0.25) is 0 Å². The van der Waals surface area contributed by atoms with E-state index in [9.17, 15) is 9.59 Å². The molecule has 2 nitrogen and oxygen atoms in total. The first-order valence-electron chi connectivity index (χ1n) is 6.38. The fraction of sp³-hybridized carbons (Fsp3) is 0.467. The second kappa shape index (κ2) is 4.02. The lowest BCUT2D eigenvalue weighted by Gasteiger charge is -2.34. The van der Waals surface area contributed by atoms with Crippen LogP contribution in [-0.2, 0) is 11.2 Å². The van der Waals surface area contributed by atoms with Gasteiger partial charge in [-0.2, -0.15) is 0 Å². The standard InChI is InChI=1S/C15H15BrO2/c1-9-7-15(5-4-13(9)17)8-10-2-3-11(16)6-12(10)14(15)18/h2-3,6,9H,4-5,7-8H2,1H3. The van der Waals surface area contributed by atoms with Gasteiger partial charge in [-0.25, -0.2) is 0 Å². The number of fused-ring (bicyclic) bond motifs is 1. The highest BCUT2D eigenvalue weighted by Crippen LogP contribution is 2.48. The van der Waals surface area contributed by atoms with Gasteiger partial charge in [-0.15, -0.1) is 0 Å². The fourth-order valence-electron chi connectivity index (χ4n) is 3.42. The summed E-state index contributed by atoms with van der Waals surface area (Å²) in [6, 6.07) is 5.95. The molecule has 1 aromatic carbocycles. The highest BCUT2D eigenvalue weighted by molar-refractivity contribution is 9.10. The highest BCUT2D eigenvalue weighted by atomic mass is 79.9. The van der Waals surface area contributed by atoms with E-state index < -0.39 is 0 Å². The fourth-order valence-corrected chi connectivity index (χ4v) is 3.78. The zero-order chi connectivity index (χ0) is 12.9. The first-order valence-corrected chi connectivity index (χ1v) is 7.17. The van der Waals surface area contributed by atoms with Gasteiger partial charge in [0.15, 0.2) is 5.78 Å². The number of halogens is 1. The summed E-state index contributed by atoms with van der Waals surface area (Å²) in [5, 5.41) is 0. The molecule has 2 aliphatic carbocycles. The predicted octanol–water partition coefficient (Wildman–Crippen LogP) is 3.56. The summed E-state index contributed by atoms with van der Waals surface area (Å²) in [5.74, 6) is 0.587. The van der Waals surface area contributed by atoms with Gasteiger partial charge in [0.05, 0.1) is 0 Å². The molecule has 0 saturated heterocycles. The van der Waals surface area contributed by atoms with E-state index in [1.807, 2.05) is 25.1 Å². The van der Waals surface area contributed by atoms with Crippen LogP contribution in [0.15, 0.2) is 22.7 Å². The Balaban J connectivity index is 1.99. The lowest BCUT2D eigenvalue weighted by Crippen LogP contribution is -2.37. The van der Waals surface area contributed by atoms with Gasteiger partial charge in [-0.1, -0.05) is 28.9 Å². The monoisotopic (exact) mass is 306 g/mol. The average Bonchev–Trinajstić information content (AvgIpc) is 2.59. The molecular formula is C15H15BrO2. The Hall–Kier alpha value is -0.960. The van der Waals surface area contributed by atoms with Crippen LogP contribution >= 0.6 is 15.9 Å². The van der Waals surface area contributed by atoms with Gasteiger partial charge in [-0.3, -0.25) is 9.59 Å². The lowest BCUT2D eigenvalue weighted by atomic mass is 9.67. The molecule has 1 fully saturated rings. The third kappa shape index (κ3) is 1.68. The molecule has 3 heteroatoms. The minimum Gasteiger partial charge on any atom is -0.299 e. The molecule has 0 heterocycles. The summed E-state index contributed by atoms with van der Waals surface area (Å²) < 4.78 is 0.951. The van der Waals surface area contributed by atoms with E-state index in [0.29, 0.717) is 12.2 Å². The summed E-state index contributed by atoms with van der Waals surface area (Å²) >= 11 is 3.42. The molecular weight excluding hydrogens is 292 g/mol. The second-order valence-electron chi connectivity index (χ2n) is 5.66. The molecule has 3 rings (SSSR count). The van der Waals surface area contributed by atoms with Crippen molar-refractivity contribution < 1.29 is 9.59 Å². The van der Waals surface area contributed by atoms with Crippen LogP contribution in [0.1, 0.15) is 42.1 Å². The summed E-state index contributed by atoms with van der Waals surface area (Å²) in [4.78, 5) is 24.3. The maximum atomic E-state index is 12.6. The summed E-state index contributed by atoms with van der Waals surface area (Å²) in [6.45, 7) is 1.95. The minimum atomic E-state index is -0.295. The Kier molecular flexibility index (Phi) is 2.70. The van der Waals surface area contributed by atoms with E-state index in [1.54, 1.807) is 0 Å². The molecule has 1 saturated carbocycles. The number of carbonyl (C=O) groups is 2. The zero-order valence-electron chi connectivity index (χ0n) is 10.3. The van der Waals surface area contributed by atoms with Crippen molar-refractivity contribution in [1.29, 1.82) is 0 Å². The van der Waals surface area contributed by atoms with Gasteiger partial charge in [0.1, 0.15) is 5.78 Å². The smallest absolute Gasteiger partial charge is 0.169 e. The Morgan fingerprint density at radius 3 is 2.83 bits per heavy atom. The molecule has 94 valence electrons. The van der Waals surface area contributed by atoms with E-state index in [1.165, 1.54) is 0 Å². The van der Waals surface area contributed by atoms with Crippen LogP contribution in [0.4, 0.5) is 0 Å². The van der Waals surface area contributed by atoms with Crippen LogP contribution in [0, 0.1) is 11.3 Å². The van der Waals surface area contributed by atoms with Crippen molar-refractivity contribution in [1.82, 2.24) is 0 Å². The SMILES string of the molecule is CC1CC2(CCC1=O)Cc1ccc(Br)cc1C2=O. The van der Waals surface area contributed by atoms with Crippen LogP contribution in [0.5, 0.6) is 0 Å². The first kappa shape index (κ1) is 12.1. The molecule has 2 unspecified atom stereocenters. The molecule has 0 bridgehead atoms. The quantitative estimate of drug-likeness (QED) is 0.734. The minimum absolute atomic E-state index is 0.0282. The van der Waals surface area contributed by atoms with Crippen molar-refractivity contribution in [2.45, 2.75) is 32.6 Å². The van der Waals surface area contributed by atoms with Gasteiger partial charge in [-0.05, 0) is 37.0 Å². The van der Waals surface area contributed by atoms with Gasteiger partial charge < -0.3 is 0 Å². The average molecular weight is 307 g/mol. The molecule has 1 spiro atoms. The predicted molar refractivity (Wildman–Crippen MR) is 72.6 cm³/mol. The van der Waals surface area contributed by atoms with Crippen molar-refractivity contribution in [2.75, 3.05) is 0 Å². The van der Waals surface area contributed by atoms with Crippen LogP contribution < -0.4 is 0 Å². The van der Waals surface area contributed by atoms with E-state index in [-0.39, 0.29) is 17.1 Å². The number of benzene rings is 1. The maximum Gasteiger partial charge on any atom is 0.169 e. The molecule has 1 aromatic rings. The maximum absolute atomic E-state index is 12.6. The normalized spacial score (nSPS) is 30.9. The summed E-state index contributed by atoms with van der Waals surface area (Å²) in [5.41, 5.74) is 1.70. The van der Waals surface area contributed by atoms with Gasteiger partial charge >= 0.3 is 0 Å². The van der Waals surface area contributed by atoms with E-state index >= 15 is 0 Å².